The van der Waals surface area contributed by atoms with Crippen LogP contribution in [0.25, 0.3) is 5.69 Å². The number of carbonyl (C=O) groups excluding carboxylic acids is 1. The van der Waals surface area contributed by atoms with Crippen LogP contribution >= 0.6 is 0 Å². The average Bonchev–Trinajstić information content (AvgIpc) is 3.31. The van der Waals surface area contributed by atoms with E-state index in [0.29, 0.717) is 23.5 Å². The Morgan fingerprint density at radius 2 is 1.81 bits per heavy atom. The number of hydrogen-bond donors (Lipinski definition) is 1. The number of amides is 1. The maximum absolute atomic E-state index is 13.0. The fourth-order valence-corrected chi connectivity index (χ4v) is 4.55. The van der Waals surface area contributed by atoms with E-state index in [1.807, 2.05) is 0 Å². The van der Waals surface area contributed by atoms with Crippen molar-refractivity contribution in [1.82, 2.24) is 14.8 Å². The zero-order valence-electron chi connectivity index (χ0n) is 18.1. The molecule has 2 fully saturated rings. The zero-order valence-corrected chi connectivity index (χ0v) is 18.1. The van der Waals surface area contributed by atoms with Crippen LogP contribution in [0.2, 0.25) is 0 Å². The summed E-state index contributed by atoms with van der Waals surface area (Å²) in [7, 11) is 1.60. The quantitative estimate of drug-likeness (QED) is 0.738. The lowest BCUT2D eigenvalue weighted by molar-refractivity contribution is -0.000632. The van der Waals surface area contributed by atoms with Gasteiger partial charge in [0.25, 0.3) is 11.5 Å². The van der Waals surface area contributed by atoms with Gasteiger partial charge < -0.3 is 19.7 Å². The van der Waals surface area contributed by atoms with Gasteiger partial charge in [-0.2, -0.15) is 0 Å². The lowest BCUT2D eigenvalue weighted by atomic mass is 9.79. The SMILES string of the molecule is COc1ccc(-n2cc(C(=O)NCC3(CN4CCCC4)CCOCC3)ccc2=O)cc1. The summed E-state index contributed by atoms with van der Waals surface area (Å²) in [5.74, 6) is 0.556. The third kappa shape index (κ3) is 5.17. The molecular weight excluding hydrogens is 394 g/mol. The third-order valence-electron chi connectivity index (χ3n) is 6.46. The predicted molar refractivity (Wildman–Crippen MR) is 119 cm³/mol. The number of hydrogen-bond acceptors (Lipinski definition) is 5. The molecule has 2 saturated heterocycles. The van der Waals surface area contributed by atoms with Gasteiger partial charge in [-0.25, -0.2) is 0 Å². The van der Waals surface area contributed by atoms with Crippen LogP contribution in [0.15, 0.2) is 47.4 Å². The Balaban J connectivity index is 1.47. The molecule has 1 aromatic carbocycles. The number of rotatable bonds is 7. The summed E-state index contributed by atoms with van der Waals surface area (Å²) in [5, 5.41) is 3.14. The highest BCUT2D eigenvalue weighted by atomic mass is 16.5. The minimum Gasteiger partial charge on any atom is -0.497 e. The minimum atomic E-state index is -0.184. The second-order valence-corrected chi connectivity index (χ2v) is 8.60. The molecule has 31 heavy (non-hydrogen) atoms. The molecule has 166 valence electrons. The second-order valence-electron chi connectivity index (χ2n) is 8.60. The van der Waals surface area contributed by atoms with Crippen molar-refractivity contribution in [2.45, 2.75) is 25.7 Å². The number of aromatic nitrogens is 1. The second kappa shape index (κ2) is 9.66. The average molecular weight is 426 g/mol. The molecule has 1 amide bonds. The molecule has 3 heterocycles. The lowest BCUT2D eigenvalue weighted by Gasteiger charge is -2.40. The van der Waals surface area contributed by atoms with Gasteiger partial charge in [-0.1, -0.05) is 0 Å². The summed E-state index contributed by atoms with van der Waals surface area (Å²) in [6.45, 7) is 5.39. The molecule has 1 aromatic heterocycles. The fourth-order valence-electron chi connectivity index (χ4n) is 4.55. The van der Waals surface area contributed by atoms with Gasteiger partial charge in [0, 0.05) is 49.7 Å². The van der Waals surface area contributed by atoms with Crippen molar-refractivity contribution in [2.24, 2.45) is 5.41 Å². The van der Waals surface area contributed by atoms with E-state index in [9.17, 15) is 9.59 Å². The summed E-state index contributed by atoms with van der Waals surface area (Å²) in [4.78, 5) is 27.9. The molecule has 0 atom stereocenters. The van der Waals surface area contributed by atoms with Gasteiger partial charge in [-0.3, -0.25) is 14.2 Å². The van der Waals surface area contributed by atoms with Crippen LogP contribution in [0.1, 0.15) is 36.0 Å². The standard InChI is InChI=1S/C24H31N3O4/c1-30-21-7-5-20(6-8-21)27-16-19(4-9-22(27)28)23(29)25-17-24(10-14-31-15-11-24)18-26-12-2-3-13-26/h4-9,16H,2-3,10-15,17-18H2,1H3,(H,25,29). The first-order valence-electron chi connectivity index (χ1n) is 11.0. The van der Waals surface area contributed by atoms with E-state index >= 15 is 0 Å². The first kappa shape index (κ1) is 21.6. The summed E-state index contributed by atoms with van der Waals surface area (Å²) in [5.41, 5.74) is 1.02. The first-order valence-corrected chi connectivity index (χ1v) is 11.0. The number of carbonyl (C=O) groups is 1. The highest BCUT2D eigenvalue weighted by Crippen LogP contribution is 2.32. The Labute approximate surface area is 183 Å². The van der Waals surface area contributed by atoms with Crippen molar-refractivity contribution >= 4 is 5.91 Å². The van der Waals surface area contributed by atoms with Gasteiger partial charge in [0.15, 0.2) is 0 Å². The maximum atomic E-state index is 13.0. The van der Waals surface area contributed by atoms with Gasteiger partial charge in [-0.15, -0.1) is 0 Å². The fraction of sp³-hybridized carbons (Fsp3) is 0.500. The molecule has 4 rings (SSSR count). The van der Waals surface area contributed by atoms with E-state index in [-0.39, 0.29) is 16.9 Å². The molecule has 0 radical (unpaired) electrons. The number of benzene rings is 1. The van der Waals surface area contributed by atoms with Gasteiger partial charge in [0.05, 0.1) is 12.7 Å². The predicted octanol–water partition coefficient (Wildman–Crippen LogP) is 2.47. The van der Waals surface area contributed by atoms with E-state index in [0.717, 1.165) is 45.7 Å². The highest BCUT2D eigenvalue weighted by Gasteiger charge is 2.35. The van der Waals surface area contributed by atoms with Crippen LogP contribution in [0.4, 0.5) is 0 Å². The Hall–Kier alpha value is -2.64. The van der Waals surface area contributed by atoms with Crippen molar-refractivity contribution in [3.05, 3.63) is 58.5 Å². The van der Waals surface area contributed by atoms with Crippen molar-refractivity contribution in [1.29, 1.82) is 0 Å². The zero-order chi connectivity index (χ0) is 21.7. The molecule has 0 spiro atoms. The first-order chi connectivity index (χ1) is 15.1. The van der Waals surface area contributed by atoms with E-state index in [1.165, 1.54) is 23.5 Å². The van der Waals surface area contributed by atoms with Crippen LogP contribution in [0.3, 0.4) is 0 Å². The number of likely N-dealkylation sites (tertiary alicyclic amines) is 1. The van der Waals surface area contributed by atoms with Crippen LogP contribution in [0, 0.1) is 5.41 Å². The molecule has 2 aliphatic rings. The molecular formula is C24H31N3O4. The molecule has 0 aliphatic carbocycles. The maximum Gasteiger partial charge on any atom is 0.255 e. The van der Waals surface area contributed by atoms with Crippen molar-refractivity contribution in [3.8, 4) is 11.4 Å². The van der Waals surface area contributed by atoms with Crippen LogP contribution in [-0.2, 0) is 4.74 Å². The molecule has 2 aromatic rings. The number of ether oxygens (including phenoxy) is 2. The highest BCUT2D eigenvalue weighted by molar-refractivity contribution is 5.93. The summed E-state index contributed by atoms with van der Waals surface area (Å²) in [6, 6.07) is 10.2. The monoisotopic (exact) mass is 425 g/mol. The van der Waals surface area contributed by atoms with E-state index in [2.05, 4.69) is 10.2 Å². The van der Waals surface area contributed by atoms with Crippen LogP contribution in [0.5, 0.6) is 5.75 Å². The molecule has 2 aliphatic heterocycles. The van der Waals surface area contributed by atoms with E-state index in [4.69, 9.17) is 9.47 Å². The van der Waals surface area contributed by atoms with Crippen LogP contribution in [-0.4, -0.2) is 61.9 Å². The largest absolute Gasteiger partial charge is 0.497 e. The van der Waals surface area contributed by atoms with E-state index < -0.39 is 0 Å². The van der Waals surface area contributed by atoms with Gasteiger partial charge in [-0.05, 0) is 69.1 Å². The van der Waals surface area contributed by atoms with E-state index in [1.54, 1.807) is 43.6 Å². The topological polar surface area (TPSA) is 72.8 Å². The molecule has 1 N–H and O–H groups in total. The van der Waals surface area contributed by atoms with Gasteiger partial charge in [0.1, 0.15) is 5.75 Å². The normalized spacial score (nSPS) is 18.6. The summed E-state index contributed by atoms with van der Waals surface area (Å²) < 4.78 is 12.3. The Morgan fingerprint density at radius 3 is 2.48 bits per heavy atom. The Morgan fingerprint density at radius 1 is 1.10 bits per heavy atom. The molecule has 0 bridgehead atoms. The van der Waals surface area contributed by atoms with Crippen molar-refractivity contribution in [2.75, 3.05) is 46.5 Å². The van der Waals surface area contributed by atoms with Crippen molar-refractivity contribution in [3.63, 3.8) is 0 Å². The number of pyridine rings is 1. The van der Waals surface area contributed by atoms with Crippen molar-refractivity contribution < 1.29 is 14.3 Å². The minimum absolute atomic E-state index is 0.0443. The molecule has 0 saturated carbocycles. The number of nitrogens with zero attached hydrogens (tertiary/aromatic N) is 2. The lowest BCUT2D eigenvalue weighted by Crippen LogP contribution is -2.48. The smallest absolute Gasteiger partial charge is 0.255 e. The Bertz CT molecular complexity index is 942. The van der Waals surface area contributed by atoms with Crippen LogP contribution < -0.4 is 15.6 Å². The number of methoxy groups -OCH3 is 1. The summed E-state index contributed by atoms with van der Waals surface area (Å²) >= 11 is 0. The number of nitrogens with one attached hydrogen (secondary N) is 1. The van der Waals surface area contributed by atoms with Gasteiger partial charge >= 0.3 is 0 Å². The Kier molecular flexibility index (Phi) is 6.73. The van der Waals surface area contributed by atoms with Gasteiger partial charge in [0.2, 0.25) is 0 Å². The molecule has 0 unspecified atom stereocenters. The molecule has 7 nitrogen and oxygen atoms in total. The third-order valence-corrected chi connectivity index (χ3v) is 6.46. The summed E-state index contributed by atoms with van der Waals surface area (Å²) in [6.07, 6.45) is 6.03. The molecule has 7 heteroatoms.